The predicted octanol–water partition coefficient (Wildman–Crippen LogP) is 1.36. The van der Waals surface area contributed by atoms with Crippen molar-refractivity contribution in [2.45, 2.75) is 26.2 Å². The van der Waals surface area contributed by atoms with Crippen LogP contribution in [0.1, 0.15) is 25.3 Å². The first-order valence-electron chi connectivity index (χ1n) is 10.2. The van der Waals surface area contributed by atoms with Crippen LogP contribution in [0.5, 0.6) is 0 Å². The van der Waals surface area contributed by atoms with Gasteiger partial charge in [0.2, 0.25) is 11.8 Å². The summed E-state index contributed by atoms with van der Waals surface area (Å²) in [4.78, 5) is 31.6. The Morgan fingerprint density at radius 1 is 1.11 bits per heavy atom. The van der Waals surface area contributed by atoms with Crippen LogP contribution >= 0.6 is 0 Å². The summed E-state index contributed by atoms with van der Waals surface area (Å²) in [7, 11) is 2.15. The highest BCUT2D eigenvalue weighted by Gasteiger charge is 2.37. The maximum atomic E-state index is 12.7. The first kappa shape index (κ1) is 19.8. The number of carbonyl (C=O) groups excluding carboxylic acids is 2. The number of carbonyl (C=O) groups is 2. The zero-order valence-electron chi connectivity index (χ0n) is 16.6. The maximum Gasteiger partial charge on any atom is 0.239 e. The molecule has 2 aliphatic rings. The van der Waals surface area contributed by atoms with Gasteiger partial charge in [0.15, 0.2) is 0 Å². The van der Waals surface area contributed by atoms with Gasteiger partial charge < -0.3 is 20.0 Å². The molecule has 0 bridgehead atoms. The molecule has 27 heavy (non-hydrogen) atoms. The molecule has 148 valence electrons. The summed E-state index contributed by atoms with van der Waals surface area (Å²) in [5, 5.41) is 2.97. The minimum atomic E-state index is -0.542. The van der Waals surface area contributed by atoms with E-state index in [1.54, 1.807) is 4.90 Å². The van der Waals surface area contributed by atoms with E-state index in [2.05, 4.69) is 29.1 Å². The lowest BCUT2D eigenvalue weighted by Gasteiger charge is -2.32. The standard InChI is InChI=1S/C21H32N4O2/c1-3-17-5-7-18(8-6-17)25-12-9-19(21(25)27)20(26)22-10-4-11-24-15-13-23(2)14-16-24/h5-8,19H,3-4,9-16H2,1-2H3,(H,22,26)/t19-/m1/s1. The Kier molecular flexibility index (Phi) is 6.85. The molecule has 1 N–H and O–H groups in total. The lowest BCUT2D eigenvalue weighted by Crippen LogP contribution is -2.45. The van der Waals surface area contributed by atoms with E-state index in [-0.39, 0.29) is 11.8 Å². The Labute approximate surface area is 162 Å². The molecule has 0 aromatic heterocycles. The first-order valence-corrected chi connectivity index (χ1v) is 10.2. The Balaban J connectivity index is 1.41. The SMILES string of the molecule is CCc1ccc(N2CC[C@H](C(=O)NCCCN3CCN(C)CC3)C2=O)cc1. The second-order valence-corrected chi connectivity index (χ2v) is 7.64. The van der Waals surface area contributed by atoms with Crippen LogP contribution in [0, 0.1) is 5.92 Å². The Morgan fingerprint density at radius 3 is 2.48 bits per heavy atom. The van der Waals surface area contributed by atoms with Crippen LogP contribution in [-0.4, -0.2) is 74.5 Å². The van der Waals surface area contributed by atoms with Gasteiger partial charge in [-0.3, -0.25) is 9.59 Å². The predicted molar refractivity (Wildman–Crippen MR) is 108 cm³/mol. The Bertz CT molecular complexity index is 638. The highest BCUT2D eigenvalue weighted by Crippen LogP contribution is 2.25. The maximum absolute atomic E-state index is 12.7. The summed E-state index contributed by atoms with van der Waals surface area (Å²) >= 11 is 0. The summed E-state index contributed by atoms with van der Waals surface area (Å²) in [6.45, 7) is 8.78. The molecule has 2 aliphatic heterocycles. The number of piperazine rings is 1. The normalized spacial score (nSPS) is 21.6. The zero-order chi connectivity index (χ0) is 19.2. The second-order valence-electron chi connectivity index (χ2n) is 7.64. The Morgan fingerprint density at radius 2 is 1.81 bits per heavy atom. The number of likely N-dealkylation sites (N-methyl/N-ethyl adjacent to an activating group) is 1. The monoisotopic (exact) mass is 372 g/mol. The van der Waals surface area contributed by atoms with Crippen LogP contribution in [0.4, 0.5) is 5.69 Å². The number of benzene rings is 1. The fourth-order valence-electron chi connectivity index (χ4n) is 3.80. The number of nitrogens with one attached hydrogen (secondary N) is 1. The average molecular weight is 373 g/mol. The molecule has 2 amide bonds. The molecule has 0 saturated carbocycles. The number of amides is 2. The number of anilines is 1. The van der Waals surface area contributed by atoms with Crippen molar-refractivity contribution in [3.8, 4) is 0 Å². The van der Waals surface area contributed by atoms with Crippen molar-refractivity contribution in [2.75, 3.05) is 57.8 Å². The summed E-state index contributed by atoms with van der Waals surface area (Å²) < 4.78 is 0. The largest absolute Gasteiger partial charge is 0.355 e. The van der Waals surface area contributed by atoms with E-state index < -0.39 is 5.92 Å². The van der Waals surface area contributed by atoms with Crippen molar-refractivity contribution >= 4 is 17.5 Å². The van der Waals surface area contributed by atoms with E-state index in [9.17, 15) is 9.59 Å². The number of hydrogen-bond acceptors (Lipinski definition) is 4. The minimum Gasteiger partial charge on any atom is -0.355 e. The fourth-order valence-corrected chi connectivity index (χ4v) is 3.80. The van der Waals surface area contributed by atoms with Crippen molar-refractivity contribution in [3.63, 3.8) is 0 Å². The number of rotatable bonds is 7. The van der Waals surface area contributed by atoms with E-state index >= 15 is 0 Å². The van der Waals surface area contributed by atoms with Crippen molar-refractivity contribution in [1.82, 2.24) is 15.1 Å². The lowest BCUT2D eigenvalue weighted by atomic mass is 10.1. The lowest BCUT2D eigenvalue weighted by molar-refractivity contribution is -0.132. The molecule has 2 heterocycles. The van der Waals surface area contributed by atoms with Gasteiger partial charge in [-0.05, 0) is 50.6 Å². The van der Waals surface area contributed by atoms with E-state index in [1.807, 2.05) is 24.3 Å². The third-order valence-corrected chi connectivity index (χ3v) is 5.72. The van der Waals surface area contributed by atoms with Crippen LogP contribution in [0.25, 0.3) is 0 Å². The van der Waals surface area contributed by atoms with Gasteiger partial charge in [0.25, 0.3) is 0 Å². The third-order valence-electron chi connectivity index (χ3n) is 5.72. The molecule has 2 fully saturated rings. The smallest absolute Gasteiger partial charge is 0.239 e. The molecule has 0 aliphatic carbocycles. The molecule has 6 heteroatoms. The highest BCUT2D eigenvalue weighted by molar-refractivity contribution is 6.09. The van der Waals surface area contributed by atoms with Gasteiger partial charge in [-0.25, -0.2) is 0 Å². The molecule has 0 unspecified atom stereocenters. The van der Waals surface area contributed by atoms with E-state index in [4.69, 9.17) is 0 Å². The summed E-state index contributed by atoms with van der Waals surface area (Å²) in [6.07, 6.45) is 2.50. The molecular weight excluding hydrogens is 340 g/mol. The number of nitrogens with zero attached hydrogens (tertiary/aromatic N) is 3. The number of aryl methyl sites for hydroxylation is 1. The first-order chi connectivity index (χ1) is 13.1. The van der Waals surface area contributed by atoms with Crippen molar-refractivity contribution in [3.05, 3.63) is 29.8 Å². The van der Waals surface area contributed by atoms with Crippen LogP contribution in [0.2, 0.25) is 0 Å². The molecule has 1 aromatic rings. The molecule has 2 saturated heterocycles. The summed E-state index contributed by atoms with van der Waals surface area (Å²) in [6, 6.07) is 8.06. The van der Waals surface area contributed by atoms with Gasteiger partial charge in [-0.1, -0.05) is 19.1 Å². The molecular formula is C21H32N4O2. The molecule has 0 radical (unpaired) electrons. The van der Waals surface area contributed by atoms with Gasteiger partial charge in [0, 0.05) is 45.0 Å². The third kappa shape index (κ3) is 5.08. The van der Waals surface area contributed by atoms with Crippen molar-refractivity contribution < 1.29 is 9.59 Å². The van der Waals surface area contributed by atoms with Crippen molar-refractivity contribution in [1.29, 1.82) is 0 Å². The number of hydrogen-bond donors (Lipinski definition) is 1. The van der Waals surface area contributed by atoms with Gasteiger partial charge >= 0.3 is 0 Å². The topological polar surface area (TPSA) is 55.9 Å². The zero-order valence-corrected chi connectivity index (χ0v) is 16.6. The average Bonchev–Trinajstić information content (AvgIpc) is 3.08. The van der Waals surface area contributed by atoms with Gasteiger partial charge in [0.1, 0.15) is 5.92 Å². The molecule has 1 aromatic carbocycles. The molecule has 0 spiro atoms. The van der Waals surface area contributed by atoms with Gasteiger partial charge in [-0.2, -0.15) is 0 Å². The van der Waals surface area contributed by atoms with E-state index in [1.165, 1.54) is 5.56 Å². The van der Waals surface area contributed by atoms with Gasteiger partial charge in [-0.15, -0.1) is 0 Å². The van der Waals surface area contributed by atoms with E-state index in [0.29, 0.717) is 19.5 Å². The highest BCUT2D eigenvalue weighted by atomic mass is 16.2. The fraction of sp³-hybridized carbons (Fsp3) is 0.619. The van der Waals surface area contributed by atoms with Crippen molar-refractivity contribution in [2.24, 2.45) is 5.92 Å². The minimum absolute atomic E-state index is 0.0733. The van der Waals surface area contributed by atoms with Crippen LogP contribution < -0.4 is 10.2 Å². The Hall–Kier alpha value is -1.92. The second kappa shape index (κ2) is 9.33. The van der Waals surface area contributed by atoms with Crippen LogP contribution in [0.3, 0.4) is 0 Å². The molecule has 1 atom stereocenters. The molecule has 3 rings (SSSR count). The van der Waals surface area contributed by atoms with Gasteiger partial charge in [0.05, 0.1) is 0 Å². The van der Waals surface area contributed by atoms with E-state index in [0.717, 1.165) is 51.3 Å². The summed E-state index contributed by atoms with van der Waals surface area (Å²) in [5.41, 5.74) is 2.14. The van der Waals surface area contributed by atoms with Crippen LogP contribution in [-0.2, 0) is 16.0 Å². The quantitative estimate of drug-likeness (QED) is 0.580. The molecule has 6 nitrogen and oxygen atoms in total. The summed E-state index contributed by atoms with van der Waals surface area (Å²) in [5.74, 6) is -0.735. The van der Waals surface area contributed by atoms with Crippen LogP contribution in [0.15, 0.2) is 24.3 Å².